The first-order chi connectivity index (χ1) is 15.4. The van der Waals surface area contributed by atoms with Crippen molar-refractivity contribution in [2.24, 2.45) is 0 Å². The number of fused-ring (bicyclic) bond motifs is 1. The van der Waals surface area contributed by atoms with Crippen molar-refractivity contribution in [2.45, 2.75) is 22.8 Å². The molecule has 0 unspecified atom stereocenters. The van der Waals surface area contributed by atoms with Crippen LogP contribution in [0.4, 0.5) is 5.69 Å². The summed E-state index contributed by atoms with van der Waals surface area (Å²) in [4.78, 5) is 16.2. The highest BCUT2D eigenvalue weighted by Gasteiger charge is 2.32. The average molecular weight is 470 g/mol. The summed E-state index contributed by atoms with van der Waals surface area (Å²) in [6, 6.07) is 20.3. The quantitative estimate of drug-likeness (QED) is 0.555. The number of piperazine rings is 1. The number of hydrogen-bond acceptors (Lipinski definition) is 5. The van der Waals surface area contributed by atoms with Gasteiger partial charge in [-0.3, -0.25) is 9.69 Å². The number of carbonyl (C=O) groups is 1. The molecule has 1 saturated heterocycles. The summed E-state index contributed by atoms with van der Waals surface area (Å²) >= 11 is 1.58. The lowest BCUT2D eigenvalue weighted by atomic mass is 10.1. The molecule has 1 N–H and O–H groups in total. The lowest BCUT2D eigenvalue weighted by Crippen LogP contribution is -2.53. The van der Waals surface area contributed by atoms with Crippen LogP contribution in [0.1, 0.15) is 6.92 Å². The zero-order chi connectivity index (χ0) is 22.7. The molecular weight excluding hydrogens is 442 g/mol. The van der Waals surface area contributed by atoms with E-state index >= 15 is 0 Å². The highest BCUT2D eigenvalue weighted by Crippen LogP contribution is 2.26. The van der Waals surface area contributed by atoms with E-state index < -0.39 is 10.0 Å². The Kier molecular flexibility index (Phi) is 6.85. The molecule has 0 saturated carbocycles. The van der Waals surface area contributed by atoms with Gasteiger partial charge in [0.15, 0.2) is 0 Å². The van der Waals surface area contributed by atoms with Crippen molar-refractivity contribution in [3.05, 3.63) is 66.7 Å². The van der Waals surface area contributed by atoms with Gasteiger partial charge in [0.2, 0.25) is 15.9 Å². The van der Waals surface area contributed by atoms with Gasteiger partial charge in [0, 0.05) is 31.1 Å². The lowest BCUT2D eigenvalue weighted by Gasteiger charge is -2.36. The molecule has 1 aliphatic rings. The maximum atomic E-state index is 13.2. The number of para-hydroxylation sites is 1. The summed E-state index contributed by atoms with van der Waals surface area (Å²) in [6.07, 6.45) is 1.98. The molecule has 0 aliphatic carbocycles. The molecule has 3 aromatic rings. The van der Waals surface area contributed by atoms with Crippen molar-refractivity contribution in [1.29, 1.82) is 0 Å². The molecule has 0 radical (unpaired) electrons. The third-order valence-electron chi connectivity index (χ3n) is 5.92. The molecule has 3 aromatic carbocycles. The van der Waals surface area contributed by atoms with Gasteiger partial charge in [-0.25, -0.2) is 8.42 Å². The third-order valence-corrected chi connectivity index (χ3v) is 8.61. The van der Waals surface area contributed by atoms with Crippen LogP contribution < -0.4 is 5.32 Å². The van der Waals surface area contributed by atoms with Crippen molar-refractivity contribution >= 4 is 44.2 Å². The molecule has 1 heterocycles. The van der Waals surface area contributed by atoms with E-state index in [2.05, 4.69) is 5.32 Å². The molecule has 6 nitrogen and oxygen atoms in total. The number of nitrogens with one attached hydrogen (secondary N) is 1. The number of anilines is 1. The number of amides is 1. The first-order valence-corrected chi connectivity index (χ1v) is 13.2. The van der Waals surface area contributed by atoms with Crippen LogP contribution in [0.25, 0.3) is 10.8 Å². The normalized spacial score (nSPS) is 16.7. The van der Waals surface area contributed by atoms with E-state index in [1.54, 1.807) is 23.9 Å². The van der Waals surface area contributed by atoms with Gasteiger partial charge in [0.25, 0.3) is 0 Å². The molecule has 168 valence electrons. The molecule has 1 fully saturated rings. The van der Waals surface area contributed by atoms with E-state index in [-0.39, 0.29) is 11.9 Å². The first kappa shape index (κ1) is 22.8. The standard InChI is InChI=1S/C24H27N3O3S2/c1-18(24(28)25-22-9-5-6-10-23(22)31-2)26-13-15-27(16-14-26)32(29,30)21-12-11-19-7-3-4-8-20(19)17-21/h3-12,17-18H,13-16H2,1-2H3,(H,25,28)/t18-/m0/s1. The summed E-state index contributed by atoms with van der Waals surface area (Å²) in [5, 5.41) is 4.93. The van der Waals surface area contributed by atoms with Gasteiger partial charge >= 0.3 is 0 Å². The highest BCUT2D eigenvalue weighted by molar-refractivity contribution is 7.98. The molecule has 0 spiro atoms. The predicted octanol–water partition coefficient (Wildman–Crippen LogP) is 3.90. The Bertz CT molecular complexity index is 1220. The number of carbonyl (C=O) groups excluding carboxylic acids is 1. The summed E-state index contributed by atoms with van der Waals surface area (Å²) in [6.45, 7) is 3.59. The van der Waals surface area contributed by atoms with E-state index in [1.807, 2.05) is 72.7 Å². The van der Waals surface area contributed by atoms with Gasteiger partial charge in [-0.2, -0.15) is 4.31 Å². The predicted molar refractivity (Wildman–Crippen MR) is 131 cm³/mol. The maximum Gasteiger partial charge on any atom is 0.243 e. The summed E-state index contributed by atoms with van der Waals surface area (Å²) in [5.41, 5.74) is 0.800. The second kappa shape index (κ2) is 9.62. The topological polar surface area (TPSA) is 69.7 Å². The summed E-state index contributed by atoms with van der Waals surface area (Å²) < 4.78 is 27.9. The number of nitrogens with zero attached hydrogens (tertiary/aromatic N) is 2. The van der Waals surface area contributed by atoms with Crippen molar-refractivity contribution in [2.75, 3.05) is 37.8 Å². The number of sulfonamides is 1. The second-order valence-corrected chi connectivity index (χ2v) is 10.6. The number of hydrogen-bond donors (Lipinski definition) is 1. The van der Waals surface area contributed by atoms with E-state index in [4.69, 9.17) is 0 Å². The van der Waals surface area contributed by atoms with E-state index in [0.29, 0.717) is 31.1 Å². The van der Waals surface area contributed by atoms with E-state index in [0.717, 1.165) is 21.4 Å². The Labute approximate surface area is 193 Å². The molecule has 0 bridgehead atoms. The van der Waals surface area contributed by atoms with Crippen molar-refractivity contribution in [3.8, 4) is 0 Å². The van der Waals surface area contributed by atoms with Crippen molar-refractivity contribution < 1.29 is 13.2 Å². The Balaban J connectivity index is 1.40. The highest BCUT2D eigenvalue weighted by atomic mass is 32.2. The van der Waals surface area contributed by atoms with E-state index in [9.17, 15) is 13.2 Å². The SMILES string of the molecule is CSc1ccccc1NC(=O)[C@H](C)N1CCN(S(=O)(=O)c2ccc3ccccc3c2)CC1. The average Bonchev–Trinajstić information content (AvgIpc) is 2.83. The van der Waals surface area contributed by atoms with Crippen molar-refractivity contribution in [3.63, 3.8) is 0 Å². The maximum absolute atomic E-state index is 13.2. The summed E-state index contributed by atoms with van der Waals surface area (Å²) in [7, 11) is -3.58. The van der Waals surface area contributed by atoms with Gasteiger partial charge in [-0.1, -0.05) is 42.5 Å². The number of rotatable bonds is 6. The van der Waals surface area contributed by atoms with Crippen LogP contribution in [-0.4, -0.2) is 62.0 Å². The molecular formula is C24H27N3O3S2. The fraction of sp³-hybridized carbons (Fsp3) is 0.292. The van der Waals surface area contributed by atoms with Crippen LogP contribution in [0.5, 0.6) is 0 Å². The van der Waals surface area contributed by atoms with Crippen LogP contribution in [0, 0.1) is 0 Å². The Morgan fingerprint density at radius 1 is 0.938 bits per heavy atom. The van der Waals surface area contributed by atoms with Gasteiger partial charge in [-0.15, -0.1) is 11.8 Å². The summed E-state index contributed by atoms with van der Waals surface area (Å²) in [5.74, 6) is -0.0858. The van der Waals surface area contributed by atoms with Gasteiger partial charge in [0.05, 0.1) is 16.6 Å². The smallest absolute Gasteiger partial charge is 0.243 e. The van der Waals surface area contributed by atoms with Crippen LogP contribution >= 0.6 is 11.8 Å². The molecule has 8 heteroatoms. The van der Waals surface area contributed by atoms with Gasteiger partial charge in [0.1, 0.15) is 0 Å². The Morgan fingerprint density at radius 3 is 2.31 bits per heavy atom. The van der Waals surface area contributed by atoms with Crippen LogP contribution in [0.2, 0.25) is 0 Å². The Morgan fingerprint density at radius 2 is 1.59 bits per heavy atom. The second-order valence-electron chi connectivity index (χ2n) is 7.81. The largest absolute Gasteiger partial charge is 0.324 e. The van der Waals surface area contributed by atoms with Crippen LogP contribution in [0.15, 0.2) is 76.5 Å². The fourth-order valence-electron chi connectivity index (χ4n) is 3.96. The minimum atomic E-state index is -3.58. The first-order valence-electron chi connectivity index (χ1n) is 10.6. The minimum Gasteiger partial charge on any atom is -0.324 e. The zero-order valence-corrected chi connectivity index (χ0v) is 19.8. The molecule has 1 aliphatic heterocycles. The van der Waals surface area contributed by atoms with Gasteiger partial charge < -0.3 is 5.32 Å². The number of benzene rings is 3. The molecule has 4 rings (SSSR count). The van der Waals surface area contributed by atoms with Crippen LogP contribution in [-0.2, 0) is 14.8 Å². The van der Waals surface area contributed by atoms with Crippen LogP contribution in [0.3, 0.4) is 0 Å². The Hall–Kier alpha value is -2.39. The minimum absolute atomic E-state index is 0.0858. The fourth-order valence-corrected chi connectivity index (χ4v) is 5.97. The zero-order valence-electron chi connectivity index (χ0n) is 18.2. The molecule has 1 amide bonds. The molecule has 32 heavy (non-hydrogen) atoms. The molecule has 0 aromatic heterocycles. The van der Waals surface area contributed by atoms with Gasteiger partial charge in [-0.05, 0) is 48.2 Å². The van der Waals surface area contributed by atoms with Crippen molar-refractivity contribution in [1.82, 2.24) is 9.21 Å². The monoisotopic (exact) mass is 469 g/mol. The molecule has 1 atom stereocenters. The third kappa shape index (κ3) is 4.68. The number of thioether (sulfide) groups is 1. The van der Waals surface area contributed by atoms with E-state index in [1.165, 1.54) is 4.31 Å². The lowest BCUT2D eigenvalue weighted by molar-refractivity contribution is -0.121.